The summed E-state index contributed by atoms with van der Waals surface area (Å²) in [5.41, 5.74) is 1.82. The highest BCUT2D eigenvalue weighted by molar-refractivity contribution is 7.89. The number of aromatic nitrogens is 2. The lowest BCUT2D eigenvalue weighted by atomic mass is 10.1. The molecule has 0 spiro atoms. The van der Waals surface area contributed by atoms with Crippen LogP contribution in [-0.2, 0) is 19.6 Å². The van der Waals surface area contributed by atoms with Gasteiger partial charge < -0.3 is 9.26 Å². The van der Waals surface area contributed by atoms with Gasteiger partial charge in [0.2, 0.25) is 15.8 Å². The predicted octanol–water partition coefficient (Wildman–Crippen LogP) is 3.14. The summed E-state index contributed by atoms with van der Waals surface area (Å²) in [6.07, 6.45) is -0.232. The van der Waals surface area contributed by atoms with Gasteiger partial charge in [0.1, 0.15) is 5.76 Å². The predicted molar refractivity (Wildman–Crippen MR) is 117 cm³/mol. The highest BCUT2D eigenvalue weighted by Gasteiger charge is 2.20. The van der Waals surface area contributed by atoms with E-state index in [9.17, 15) is 18.0 Å². The van der Waals surface area contributed by atoms with Gasteiger partial charge in [0.05, 0.1) is 11.3 Å². The summed E-state index contributed by atoms with van der Waals surface area (Å²) in [5.74, 6) is 0.117. The van der Waals surface area contributed by atoms with Crippen LogP contribution in [0.25, 0.3) is 5.82 Å². The molecule has 0 saturated heterocycles. The van der Waals surface area contributed by atoms with Crippen LogP contribution in [0.3, 0.4) is 0 Å². The van der Waals surface area contributed by atoms with Crippen molar-refractivity contribution in [2.75, 3.05) is 13.2 Å². The number of hydrogen-bond donors (Lipinski definition) is 1. The van der Waals surface area contributed by atoms with Crippen molar-refractivity contribution in [3.63, 3.8) is 0 Å². The third kappa shape index (κ3) is 5.45. The van der Waals surface area contributed by atoms with Crippen molar-refractivity contribution >= 4 is 33.4 Å². The van der Waals surface area contributed by atoms with Crippen molar-refractivity contribution in [2.45, 2.75) is 32.1 Å². The molecule has 0 aliphatic heterocycles. The number of rotatable bonds is 9. The van der Waals surface area contributed by atoms with Gasteiger partial charge in [-0.2, -0.15) is 0 Å². The van der Waals surface area contributed by atoms with Crippen LogP contribution in [0.4, 0.5) is 0 Å². The van der Waals surface area contributed by atoms with Crippen LogP contribution in [0, 0.1) is 20.8 Å². The summed E-state index contributed by atoms with van der Waals surface area (Å²) >= 11 is 5.81. The third-order valence-electron chi connectivity index (χ3n) is 4.67. The van der Waals surface area contributed by atoms with Gasteiger partial charge in [0, 0.05) is 34.6 Å². The van der Waals surface area contributed by atoms with Crippen LogP contribution in [0.1, 0.15) is 33.9 Å². The van der Waals surface area contributed by atoms with Crippen LogP contribution >= 0.6 is 11.6 Å². The second-order valence-corrected chi connectivity index (χ2v) is 9.31. The molecule has 11 heteroatoms. The molecule has 0 radical (unpaired) electrons. The van der Waals surface area contributed by atoms with Crippen LogP contribution < -0.4 is 4.72 Å². The molecule has 3 rings (SSSR count). The third-order valence-corrected chi connectivity index (χ3v) is 6.36. The highest BCUT2D eigenvalue weighted by Crippen LogP contribution is 2.21. The number of benzene rings is 1. The fraction of sp³-hybridized carbons (Fsp3) is 0.286. The zero-order chi connectivity index (χ0) is 23.5. The Morgan fingerprint density at radius 1 is 1.19 bits per heavy atom. The Labute approximate surface area is 190 Å². The highest BCUT2D eigenvalue weighted by atomic mass is 35.5. The SMILES string of the molecule is Cc1cc(-n2c(C)cc(C(=O)COC(=O)CCNS(=O)(=O)c3cccc(Cl)c3)c2C)no1. The lowest BCUT2D eigenvalue weighted by Crippen LogP contribution is -2.27. The van der Waals surface area contributed by atoms with Crippen LogP contribution in [0.2, 0.25) is 5.02 Å². The summed E-state index contributed by atoms with van der Waals surface area (Å²) in [6.45, 7) is 4.72. The molecule has 2 aromatic heterocycles. The molecule has 2 heterocycles. The van der Waals surface area contributed by atoms with E-state index in [4.69, 9.17) is 20.9 Å². The molecule has 1 N–H and O–H groups in total. The molecule has 3 aromatic rings. The van der Waals surface area contributed by atoms with Gasteiger partial charge >= 0.3 is 5.97 Å². The number of carbonyl (C=O) groups excluding carboxylic acids is 2. The van der Waals surface area contributed by atoms with Crippen LogP contribution in [0.5, 0.6) is 0 Å². The van der Waals surface area contributed by atoms with Crippen molar-refractivity contribution in [1.82, 2.24) is 14.4 Å². The molecule has 0 aliphatic carbocycles. The van der Waals surface area contributed by atoms with Gasteiger partial charge in [0.25, 0.3) is 0 Å². The first-order valence-electron chi connectivity index (χ1n) is 9.65. The van der Waals surface area contributed by atoms with E-state index >= 15 is 0 Å². The molecular weight excluding hydrogens is 458 g/mol. The first kappa shape index (κ1) is 23.7. The van der Waals surface area contributed by atoms with Crippen LogP contribution in [-0.4, -0.2) is 43.0 Å². The number of ketones is 1. The van der Waals surface area contributed by atoms with E-state index in [0.717, 1.165) is 5.69 Å². The second-order valence-electron chi connectivity index (χ2n) is 7.10. The van der Waals surface area contributed by atoms with Gasteiger partial charge in [-0.3, -0.25) is 14.2 Å². The average Bonchev–Trinajstić information content (AvgIpc) is 3.28. The zero-order valence-corrected chi connectivity index (χ0v) is 19.3. The molecule has 9 nitrogen and oxygen atoms in total. The first-order valence-corrected chi connectivity index (χ1v) is 11.5. The summed E-state index contributed by atoms with van der Waals surface area (Å²) < 4.78 is 38.6. The van der Waals surface area contributed by atoms with Gasteiger partial charge in [-0.25, -0.2) is 13.1 Å². The molecule has 0 aliphatic rings. The molecule has 0 fully saturated rings. The summed E-state index contributed by atoms with van der Waals surface area (Å²) in [6, 6.07) is 9.20. The van der Waals surface area contributed by atoms with Crippen molar-refractivity contribution in [1.29, 1.82) is 0 Å². The Kier molecular flexibility index (Phi) is 7.17. The number of carbonyl (C=O) groups is 2. The minimum absolute atomic E-state index is 0.00814. The zero-order valence-electron chi connectivity index (χ0n) is 17.7. The molecule has 0 unspecified atom stereocenters. The smallest absolute Gasteiger partial charge is 0.307 e. The number of halogens is 1. The fourth-order valence-electron chi connectivity index (χ4n) is 3.16. The van der Waals surface area contributed by atoms with Crippen LogP contribution in [0.15, 0.2) is 45.8 Å². The fourth-order valence-corrected chi connectivity index (χ4v) is 4.49. The first-order chi connectivity index (χ1) is 15.1. The summed E-state index contributed by atoms with van der Waals surface area (Å²) in [7, 11) is -3.81. The number of nitrogens with zero attached hydrogens (tertiary/aromatic N) is 2. The Hall–Kier alpha value is -2.95. The number of Topliss-reactive ketones (excluding diaryl/α,β-unsaturated/α-hetero) is 1. The van der Waals surface area contributed by atoms with E-state index in [0.29, 0.717) is 22.8 Å². The van der Waals surface area contributed by atoms with Gasteiger partial charge in [-0.1, -0.05) is 22.8 Å². The van der Waals surface area contributed by atoms with Crippen molar-refractivity contribution in [3.05, 3.63) is 64.1 Å². The van der Waals surface area contributed by atoms with Gasteiger partial charge in [-0.05, 0) is 45.0 Å². The summed E-state index contributed by atoms with van der Waals surface area (Å²) in [5, 5.41) is 4.24. The minimum Gasteiger partial charge on any atom is -0.457 e. The van der Waals surface area contributed by atoms with Crippen molar-refractivity contribution in [3.8, 4) is 5.82 Å². The van der Waals surface area contributed by atoms with E-state index in [1.807, 2.05) is 6.92 Å². The maximum absolute atomic E-state index is 12.6. The van der Waals surface area contributed by atoms with E-state index in [1.54, 1.807) is 36.6 Å². The second kappa shape index (κ2) is 9.68. The normalized spacial score (nSPS) is 11.5. The Bertz CT molecular complexity index is 1260. The molecule has 0 atom stereocenters. The molecule has 1 aromatic carbocycles. The number of aryl methyl sites for hydroxylation is 2. The minimum atomic E-state index is -3.81. The summed E-state index contributed by atoms with van der Waals surface area (Å²) in [4.78, 5) is 24.5. The number of sulfonamides is 1. The topological polar surface area (TPSA) is 120 Å². The van der Waals surface area contributed by atoms with Gasteiger partial charge in [-0.15, -0.1) is 0 Å². The van der Waals surface area contributed by atoms with Gasteiger partial charge in [0.15, 0.2) is 12.4 Å². The lowest BCUT2D eigenvalue weighted by molar-refractivity contribution is -0.142. The number of ether oxygens (including phenoxy) is 1. The Morgan fingerprint density at radius 3 is 2.59 bits per heavy atom. The molecule has 0 saturated carbocycles. The number of hydrogen-bond acceptors (Lipinski definition) is 7. The van der Waals surface area contributed by atoms with Crippen molar-refractivity contribution in [2.24, 2.45) is 0 Å². The molecule has 0 amide bonds. The maximum Gasteiger partial charge on any atom is 0.307 e. The monoisotopic (exact) mass is 479 g/mol. The molecular formula is C21H22ClN3O6S. The van der Waals surface area contributed by atoms with E-state index < -0.39 is 22.6 Å². The molecule has 170 valence electrons. The molecule has 32 heavy (non-hydrogen) atoms. The lowest BCUT2D eigenvalue weighted by Gasteiger charge is -2.08. The molecule has 0 bridgehead atoms. The van der Waals surface area contributed by atoms with E-state index in [2.05, 4.69) is 9.88 Å². The quantitative estimate of drug-likeness (QED) is 0.369. The van der Waals surface area contributed by atoms with E-state index in [-0.39, 0.29) is 28.7 Å². The maximum atomic E-state index is 12.6. The van der Waals surface area contributed by atoms with Crippen molar-refractivity contribution < 1.29 is 27.3 Å². The average molecular weight is 480 g/mol. The standard InChI is InChI=1S/C21H22ClN3O6S/c1-13-9-18(15(3)25(13)20-10-14(2)31-24-20)19(26)12-30-21(27)7-8-23-32(28,29)17-6-4-5-16(22)11-17/h4-6,9-11,23H,7-8,12H2,1-3H3. The Balaban J connectivity index is 1.54. The Morgan fingerprint density at radius 2 is 1.94 bits per heavy atom. The van der Waals surface area contributed by atoms with E-state index in [1.165, 1.54) is 18.2 Å². The largest absolute Gasteiger partial charge is 0.457 e. The number of nitrogens with one attached hydrogen (secondary N) is 1. The number of esters is 1.